The van der Waals surface area contributed by atoms with Gasteiger partial charge in [-0.15, -0.1) is 0 Å². The van der Waals surface area contributed by atoms with Crippen molar-refractivity contribution in [1.82, 2.24) is 14.1 Å². The van der Waals surface area contributed by atoms with Gasteiger partial charge in [-0.1, -0.05) is 31.2 Å². The molecule has 0 radical (unpaired) electrons. The molecule has 0 aliphatic rings. The molecule has 0 saturated heterocycles. The van der Waals surface area contributed by atoms with Gasteiger partial charge in [-0.05, 0) is 37.4 Å². The van der Waals surface area contributed by atoms with Gasteiger partial charge in [0.15, 0.2) is 0 Å². The smallest absolute Gasteiger partial charge is 0.0915 e. The van der Waals surface area contributed by atoms with E-state index in [-0.39, 0.29) is 6.04 Å². The number of aromatic nitrogens is 2. The molecule has 2 rings (SSSR count). The number of nitrogens with zero attached hydrogens (tertiary/aromatic N) is 2. The van der Waals surface area contributed by atoms with Crippen molar-refractivity contribution in [1.29, 1.82) is 0 Å². The average Bonchev–Trinajstić information content (AvgIpc) is 2.90. The maximum atomic E-state index is 4.36. The fourth-order valence-corrected chi connectivity index (χ4v) is 2.46. The quantitative estimate of drug-likeness (QED) is 0.868. The average molecular weight is 261 g/mol. The molecule has 4 heteroatoms. The van der Waals surface area contributed by atoms with Crippen LogP contribution in [0.4, 0.5) is 0 Å². The Labute approximate surface area is 113 Å². The summed E-state index contributed by atoms with van der Waals surface area (Å²) in [5.74, 6) is 0. The summed E-state index contributed by atoms with van der Waals surface area (Å²) < 4.78 is 8.47. The predicted molar refractivity (Wildman–Crippen MR) is 75.8 cm³/mol. The molecule has 0 spiro atoms. The van der Waals surface area contributed by atoms with Gasteiger partial charge in [0.1, 0.15) is 0 Å². The molecule has 96 valence electrons. The molecule has 1 aromatic carbocycles. The number of benzene rings is 1. The lowest BCUT2D eigenvalue weighted by molar-refractivity contribution is 0.520. The summed E-state index contributed by atoms with van der Waals surface area (Å²) in [6.45, 7) is 5.34. The minimum atomic E-state index is 0.268. The SMILES string of the molecule is CCCNC(Cc1ccccc1C)c1cnsn1. The Bertz CT molecular complexity index is 468. The maximum Gasteiger partial charge on any atom is 0.0915 e. The number of nitrogens with one attached hydrogen (secondary N) is 1. The van der Waals surface area contributed by atoms with Gasteiger partial charge < -0.3 is 5.32 Å². The van der Waals surface area contributed by atoms with Gasteiger partial charge in [0.2, 0.25) is 0 Å². The van der Waals surface area contributed by atoms with Crippen LogP contribution < -0.4 is 5.32 Å². The van der Waals surface area contributed by atoms with Gasteiger partial charge in [0.05, 0.1) is 29.7 Å². The van der Waals surface area contributed by atoms with Crippen LogP contribution in [0.1, 0.15) is 36.2 Å². The zero-order valence-electron chi connectivity index (χ0n) is 10.9. The van der Waals surface area contributed by atoms with Crippen molar-refractivity contribution < 1.29 is 0 Å². The molecule has 3 nitrogen and oxygen atoms in total. The first kappa shape index (κ1) is 13.2. The highest BCUT2D eigenvalue weighted by Gasteiger charge is 2.14. The fourth-order valence-electron chi connectivity index (χ4n) is 1.98. The Balaban J connectivity index is 2.13. The number of hydrogen-bond acceptors (Lipinski definition) is 4. The van der Waals surface area contributed by atoms with Crippen LogP contribution in [-0.2, 0) is 6.42 Å². The minimum Gasteiger partial charge on any atom is -0.308 e. The molecule has 18 heavy (non-hydrogen) atoms. The lowest BCUT2D eigenvalue weighted by atomic mass is 9.99. The summed E-state index contributed by atoms with van der Waals surface area (Å²) >= 11 is 1.28. The van der Waals surface area contributed by atoms with Crippen molar-refractivity contribution in [3.8, 4) is 0 Å². The van der Waals surface area contributed by atoms with E-state index in [0.29, 0.717) is 0 Å². The zero-order chi connectivity index (χ0) is 12.8. The summed E-state index contributed by atoms with van der Waals surface area (Å²) in [5.41, 5.74) is 3.76. The third-order valence-corrected chi connectivity index (χ3v) is 3.55. The molecule has 0 fully saturated rings. The van der Waals surface area contributed by atoms with Crippen LogP contribution in [0, 0.1) is 6.92 Å². The van der Waals surface area contributed by atoms with E-state index >= 15 is 0 Å². The van der Waals surface area contributed by atoms with Crippen LogP contribution >= 0.6 is 11.7 Å². The van der Waals surface area contributed by atoms with Crippen LogP contribution in [0.15, 0.2) is 30.5 Å². The monoisotopic (exact) mass is 261 g/mol. The summed E-state index contributed by atoms with van der Waals surface area (Å²) in [5, 5.41) is 3.55. The molecule has 1 atom stereocenters. The van der Waals surface area contributed by atoms with Crippen LogP contribution in [0.2, 0.25) is 0 Å². The molecule has 0 saturated carbocycles. The van der Waals surface area contributed by atoms with Crippen molar-refractivity contribution in [2.75, 3.05) is 6.54 Å². The lowest BCUT2D eigenvalue weighted by Crippen LogP contribution is -2.24. The van der Waals surface area contributed by atoms with Crippen molar-refractivity contribution in [3.63, 3.8) is 0 Å². The highest BCUT2D eigenvalue weighted by molar-refractivity contribution is 6.99. The van der Waals surface area contributed by atoms with E-state index in [1.165, 1.54) is 22.9 Å². The van der Waals surface area contributed by atoms with Crippen molar-refractivity contribution >= 4 is 11.7 Å². The second-order valence-corrected chi connectivity index (χ2v) is 5.03. The summed E-state index contributed by atoms with van der Waals surface area (Å²) in [6, 6.07) is 8.79. The number of hydrogen-bond donors (Lipinski definition) is 1. The second-order valence-electron chi connectivity index (χ2n) is 4.47. The number of rotatable bonds is 6. The predicted octanol–water partition coefficient (Wildman–Crippen LogP) is 3.13. The molecule has 0 amide bonds. The van der Waals surface area contributed by atoms with E-state index in [1.54, 1.807) is 0 Å². The van der Waals surface area contributed by atoms with Crippen molar-refractivity contribution in [3.05, 3.63) is 47.3 Å². The summed E-state index contributed by atoms with van der Waals surface area (Å²) in [7, 11) is 0. The molecule has 1 aromatic heterocycles. The third-order valence-electron chi connectivity index (χ3n) is 3.06. The fraction of sp³-hybridized carbons (Fsp3) is 0.429. The molecule has 1 heterocycles. The highest BCUT2D eigenvalue weighted by atomic mass is 32.1. The first-order chi connectivity index (χ1) is 8.81. The Morgan fingerprint density at radius 2 is 2.17 bits per heavy atom. The van der Waals surface area contributed by atoms with Gasteiger partial charge in [-0.25, -0.2) is 0 Å². The zero-order valence-corrected chi connectivity index (χ0v) is 11.7. The second kappa shape index (κ2) is 6.61. The Morgan fingerprint density at radius 1 is 1.33 bits per heavy atom. The molecule has 0 bridgehead atoms. The summed E-state index contributed by atoms with van der Waals surface area (Å²) in [4.78, 5) is 0. The Kier molecular flexibility index (Phi) is 4.84. The van der Waals surface area contributed by atoms with Crippen LogP contribution in [0.5, 0.6) is 0 Å². The maximum absolute atomic E-state index is 4.36. The molecule has 0 aliphatic heterocycles. The molecular weight excluding hydrogens is 242 g/mol. The van der Waals surface area contributed by atoms with E-state index in [9.17, 15) is 0 Å². The first-order valence-corrected chi connectivity index (χ1v) is 7.09. The van der Waals surface area contributed by atoms with Gasteiger partial charge in [-0.3, -0.25) is 0 Å². The van der Waals surface area contributed by atoms with E-state index in [4.69, 9.17) is 0 Å². The van der Waals surface area contributed by atoms with Crippen LogP contribution in [0.3, 0.4) is 0 Å². The van der Waals surface area contributed by atoms with Crippen LogP contribution in [0.25, 0.3) is 0 Å². The van der Waals surface area contributed by atoms with Gasteiger partial charge in [0, 0.05) is 0 Å². The van der Waals surface area contributed by atoms with Crippen molar-refractivity contribution in [2.24, 2.45) is 0 Å². The third kappa shape index (κ3) is 3.37. The molecule has 0 aliphatic carbocycles. The van der Waals surface area contributed by atoms with Gasteiger partial charge >= 0.3 is 0 Å². The van der Waals surface area contributed by atoms with E-state index in [2.05, 4.69) is 52.2 Å². The molecule has 1 N–H and O–H groups in total. The molecule has 1 unspecified atom stereocenters. The summed E-state index contributed by atoms with van der Waals surface area (Å²) in [6.07, 6.45) is 3.97. The Morgan fingerprint density at radius 3 is 2.83 bits per heavy atom. The van der Waals surface area contributed by atoms with E-state index < -0.39 is 0 Å². The van der Waals surface area contributed by atoms with Crippen molar-refractivity contribution in [2.45, 2.75) is 32.7 Å². The molecule has 2 aromatic rings. The molecular formula is C14H19N3S. The largest absolute Gasteiger partial charge is 0.308 e. The van der Waals surface area contributed by atoms with Crippen LogP contribution in [-0.4, -0.2) is 15.3 Å². The lowest BCUT2D eigenvalue weighted by Gasteiger charge is -2.17. The van der Waals surface area contributed by atoms with E-state index in [1.807, 2.05) is 6.20 Å². The number of aryl methyl sites for hydroxylation is 1. The Hall–Kier alpha value is -1.26. The van der Waals surface area contributed by atoms with Gasteiger partial charge in [-0.2, -0.15) is 8.75 Å². The normalized spacial score (nSPS) is 12.6. The standard InChI is InChI=1S/C14H19N3S/c1-3-8-15-13(14-10-16-18-17-14)9-12-7-5-4-6-11(12)2/h4-7,10,13,15H,3,8-9H2,1-2H3. The minimum absolute atomic E-state index is 0.268. The van der Waals surface area contributed by atoms with E-state index in [0.717, 1.165) is 25.1 Å². The van der Waals surface area contributed by atoms with Gasteiger partial charge in [0.25, 0.3) is 0 Å². The topological polar surface area (TPSA) is 37.8 Å². The first-order valence-electron chi connectivity index (χ1n) is 6.36. The highest BCUT2D eigenvalue weighted by Crippen LogP contribution is 2.19.